The van der Waals surface area contributed by atoms with Crippen LogP contribution in [-0.4, -0.2) is 48.3 Å². The topological polar surface area (TPSA) is 113 Å². The van der Waals surface area contributed by atoms with Crippen LogP contribution in [0, 0.1) is 0 Å². The Labute approximate surface area is 161 Å². The van der Waals surface area contributed by atoms with Crippen molar-refractivity contribution >= 4 is 30.0 Å². The quantitative estimate of drug-likeness (QED) is 0.314. The molecule has 1 aromatic carbocycles. The van der Waals surface area contributed by atoms with E-state index in [4.69, 9.17) is 14.2 Å². The summed E-state index contributed by atoms with van der Waals surface area (Å²) in [6.45, 7) is 3.53. The van der Waals surface area contributed by atoms with Crippen molar-refractivity contribution in [2.45, 2.75) is 45.5 Å². The number of hydrogen-bond acceptors (Lipinski definition) is 8. The zero-order valence-corrected chi connectivity index (χ0v) is 15.7. The van der Waals surface area contributed by atoms with Gasteiger partial charge in [0.2, 0.25) is 0 Å². The normalized spacial score (nSPS) is 21.1. The Morgan fingerprint density at radius 3 is 1.96 bits per heavy atom. The monoisotopic (exact) mass is 388 g/mol. The Morgan fingerprint density at radius 1 is 0.893 bits per heavy atom. The van der Waals surface area contributed by atoms with Crippen molar-refractivity contribution < 1.29 is 38.2 Å². The Balaban J connectivity index is 2.40. The third kappa shape index (κ3) is 5.35. The maximum atomic E-state index is 12.8. The molecule has 0 fully saturated rings. The van der Waals surface area contributed by atoms with Crippen LogP contribution in [0.3, 0.4) is 0 Å². The lowest BCUT2D eigenvalue weighted by atomic mass is 9.87. The van der Waals surface area contributed by atoms with Gasteiger partial charge < -0.3 is 14.2 Å². The van der Waals surface area contributed by atoms with Gasteiger partial charge in [-0.3, -0.25) is 24.0 Å². The van der Waals surface area contributed by atoms with Crippen molar-refractivity contribution in [3.63, 3.8) is 0 Å². The van der Waals surface area contributed by atoms with Gasteiger partial charge in [-0.2, -0.15) is 0 Å². The van der Waals surface area contributed by atoms with E-state index in [-0.39, 0.29) is 17.8 Å². The van der Waals surface area contributed by atoms with E-state index in [0.29, 0.717) is 17.4 Å². The number of hydrogen-bond donors (Lipinski definition) is 0. The predicted molar refractivity (Wildman–Crippen MR) is 95.5 cm³/mol. The molecule has 0 unspecified atom stereocenters. The smallest absolute Gasteiger partial charge is 0.303 e. The summed E-state index contributed by atoms with van der Waals surface area (Å²) in [7, 11) is 0. The first-order valence-corrected chi connectivity index (χ1v) is 8.53. The highest BCUT2D eigenvalue weighted by molar-refractivity contribution is 6.09. The second-order valence-corrected chi connectivity index (χ2v) is 6.26. The van der Waals surface area contributed by atoms with Crippen molar-refractivity contribution in [1.29, 1.82) is 0 Å². The summed E-state index contributed by atoms with van der Waals surface area (Å²) in [6.07, 6.45) is -1.13. The van der Waals surface area contributed by atoms with E-state index in [9.17, 15) is 24.0 Å². The third-order valence-corrected chi connectivity index (χ3v) is 4.00. The molecule has 0 bridgehead atoms. The van der Waals surface area contributed by atoms with Crippen LogP contribution in [0.2, 0.25) is 0 Å². The van der Waals surface area contributed by atoms with Gasteiger partial charge in [0, 0.05) is 43.9 Å². The third-order valence-electron chi connectivity index (χ3n) is 4.00. The second-order valence-electron chi connectivity index (χ2n) is 6.26. The van der Waals surface area contributed by atoms with E-state index in [1.807, 2.05) is 0 Å². The zero-order chi connectivity index (χ0) is 20.8. The average molecular weight is 388 g/mol. The molecule has 8 heteroatoms. The minimum atomic E-state index is -1.09. The number of ether oxygens (including phenoxy) is 3. The number of rotatable bonds is 6. The highest BCUT2D eigenvalue weighted by Gasteiger charge is 2.41. The average Bonchev–Trinajstić information content (AvgIpc) is 2.62. The fourth-order valence-electron chi connectivity index (χ4n) is 2.92. The van der Waals surface area contributed by atoms with Crippen molar-refractivity contribution in [3.8, 4) is 0 Å². The van der Waals surface area contributed by atoms with Crippen LogP contribution in [0.1, 0.15) is 47.9 Å². The van der Waals surface area contributed by atoms with E-state index < -0.39 is 36.2 Å². The van der Waals surface area contributed by atoms with Gasteiger partial charge in [-0.15, -0.1) is 0 Å². The largest absolute Gasteiger partial charge is 0.458 e. The zero-order valence-electron chi connectivity index (χ0n) is 15.7. The first-order valence-electron chi connectivity index (χ1n) is 8.53. The lowest BCUT2D eigenvalue weighted by molar-refractivity contribution is -0.180. The van der Waals surface area contributed by atoms with E-state index in [0.717, 1.165) is 0 Å². The lowest BCUT2D eigenvalue weighted by Crippen LogP contribution is -2.47. The van der Waals surface area contributed by atoms with Gasteiger partial charge in [-0.1, -0.05) is 24.3 Å². The molecule has 0 amide bonds. The molecular formula is C20H20O8. The standard InChI is InChI=1S/C20H20O8/c1-11(22)26-17-8-16(19(25)15-6-4-14(10-21)5-7-15)9-18(27-12(2)23)20(17)28-13(3)24/h4-8,10,17-18,20H,9H2,1-3H3/t17-,18-,20-/m1/s1. The number of benzene rings is 1. The molecule has 0 aliphatic heterocycles. The lowest BCUT2D eigenvalue weighted by Gasteiger charge is -2.34. The summed E-state index contributed by atoms with van der Waals surface area (Å²) >= 11 is 0. The van der Waals surface area contributed by atoms with E-state index >= 15 is 0 Å². The molecule has 28 heavy (non-hydrogen) atoms. The first-order chi connectivity index (χ1) is 13.2. The first kappa shape index (κ1) is 21.0. The molecule has 0 spiro atoms. The molecule has 8 nitrogen and oxygen atoms in total. The molecule has 1 aliphatic rings. The number of esters is 3. The van der Waals surface area contributed by atoms with Gasteiger partial charge in [0.25, 0.3) is 0 Å². The molecule has 0 radical (unpaired) electrons. The summed E-state index contributed by atoms with van der Waals surface area (Å²) in [4.78, 5) is 58.0. The fourth-order valence-corrected chi connectivity index (χ4v) is 2.92. The molecule has 0 N–H and O–H groups in total. The van der Waals surface area contributed by atoms with Crippen LogP contribution in [0.15, 0.2) is 35.9 Å². The van der Waals surface area contributed by atoms with Crippen LogP contribution in [0.4, 0.5) is 0 Å². The van der Waals surface area contributed by atoms with Gasteiger partial charge in [-0.05, 0) is 6.08 Å². The number of ketones is 1. The van der Waals surface area contributed by atoms with Crippen LogP contribution in [0.25, 0.3) is 0 Å². The SMILES string of the molecule is CC(=O)O[C@@H]1[C@H](OC(C)=O)C=C(C(=O)c2ccc(C=O)cc2)C[C@H]1OC(C)=O. The summed E-state index contributed by atoms with van der Waals surface area (Å²) in [5, 5.41) is 0. The summed E-state index contributed by atoms with van der Waals surface area (Å²) in [5.74, 6) is -2.31. The summed E-state index contributed by atoms with van der Waals surface area (Å²) < 4.78 is 15.6. The van der Waals surface area contributed by atoms with Crippen LogP contribution in [0.5, 0.6) is 0 Å². The number of aldehydes is 1. The predicted octanol–water partition coefficient (Wildman–Crippen LogP) is 1.81. The van der Waals surface area contributed by atoms with Crippen molar-refractivity contribution in [1.82, 2.24) is 0 Å². The van der Waals surface area contributed by atoms with Gasteiger partial charge in [0.05, 0.1) is 0 Å². The second kappa shape index (κ2) is 9.07. The summed E-state index contributed by atoms with van der Waals surface area (Å²) in [5.41, 5.74) is 0.963. The highest BCUT2D eigenvalue weighted by atomic mass is 16.6. The van der Waals surface area contributed by atoms with E-state index in [2.05, 4.69) is 0 Å². The Morgan fingerprint density at radius 2 is 1.46 bits per heavy atom. The Bertz CT molecular complexity index is 821. The molecule has 2 rings (SSSR count). The molecule has 3 atom stereocenters. The van der Waals surface area contributed by atoms with Gasteiger partial charge >= 0.3 is 17.9 Å². The maximum absolute atomic E-state index is 12.8. The minimum absolute atomic E-state index is 0.0242. The molecule has 0 saturated carbocycles. The molecule has 1 aliphatic carbocycles. The van der Waals surface area contributed by atoms with Gasteiger partial charge in [0.1, 0.15) is 12.4 Å². The molecule has 1 aromatic rings. The van der Waals surface area contributed by atoms with Gasteiger partial charge in [0.15, 0.2) is 18.0 Å². The van der Waals surface area contributed by atoms with E-state index in [1.54, 1.807) is 0 Å². The van der Waals surface area contributed by atoms with Crippen molar-refractivity contribution in [2.24, 2.45) is 0 Å². The van der Waals surface area contributed by atoms with Crippen LogP contribution in [-0.2, 0) is 28.6 Å². The number of carbonyl (C=O) groups is 5. The molecule has 148 valence electrons. The molecule has 0 heterocycles. The van der Waals surface area contributed by atoms with Crippen LogP contribution >= 0.6 is 0 Å². The summed E-state index contributed by atoms with van der Waals surface area (Å²) in [6, 6.07) is 5.98. The molecule has 0 aromatic heterocycles. The number of carbonyl (C=O) groups excluding carboxylic acids is 5. The fraction of sp³-hybridized carbons (Fsp3) is 0.350. The Kier molecular flexibility index (Phi) is 6.81. The number of Topliss-reactive ketones (excluding diaryl/α,β-unsaturated/α-hetero) is 1. The molecule has 0 saturated heterocycles. The van der Waals surface area contributed by atoms with Gasteiger partial charge in [-0.25, -0.2) is 0 Å². The van der Waals surface area contributed by atoms with E-state index in [1.165, 1.54) is 51.1 Å². The molecular weight excluding hydrogens is 368 g/mol. The maximum Gasteiger partial charge on any atom is 0.303 e. The minimum Gasteiger partial charge on any atom is -0.458 e. The van der Waals surface area contributed by atoms with Crippen molar-refractivity contribution in [2.75, 3.05) is 0 Å². The Hall–Kier alpha value is -3.29. The highest BCUT2D eigenvalue weighted by Crippen LogP contribution is 2.29. The van der Waals surface area contributed by atoms with Crippen molar-refractivity contribution in [3.05, 3.63) is 47.0 Å². The van der Waals surface area contributed by atoms with Crippen LogP contribution < -0.4 is 0 Å².